The number of nitriles is 1. The molecule has 1 saturated heterocycles. The molecule has 6 rings (SSSR count). The van der Waals surface area contributed by atoms with Gasteiger partial charge in [-0.05, 0) is 68.7 Å². The van der Waals surface area contributed by atoms with E-state index in [1.54, 1.807) is 27.6 Å². The molecule has 0 radical (unpaired) electrons. The summed E-state index contributed by atoms with van der Waals surface area (Å²) in [5, 5.41) is 12.5. The zero-order valence-corrected chi connectivity index (χ0v) is 33.3. The maximum absolute atomic E-state index is 9.36. The normalized spacial score (nSPS) is 17.9. The molecule has 5 aromatic rings. The Morgan fingerprint density at radius 3 is 2.09 bits per heavy atom. The highest BCUT2D eigenvalue weighted by Crippen LogP contribution is 2.51. The van der Waals surface area contributed by atoms with Crippen LogP contribution in [0.3, 0.4) is 0 Å². The largest absolute Gasteiger partial charge is 0.497 e. The molecule has 1 aliphatic heterocycles. The number of methoxy groups -OCH3 is 2. The Bertz CT molecular complexity index is 1950. The van der Waals surface area contributed by atoms with Crippen molar-refractivity contribution in [2.45, 2.75) is 76.7 Å². The molecule has 1 aliphatic rings. The topological polar surface area (TPSA) is 138 Å². The number of imidazole rings is 1. The van der Waals surface area contributed by atoms with Crippen LogP contribution in [0.25, 0.3) is 11.2 Å². The van der Waals surface area contributed by atoms with E-state index in [0.717, 1.165) is 28.2 Å². The van der Waals surface area contributed by atoms with Crippen LogP contribution in [0.5, 0.6) is 11.5 Å². The molecular formula is C41H50N7O6P. The van der Waals surface area contributed by atoms with Gasteiger partial charge in [0.05, 0.1) is 52.4 Å². The summed E-state index contributed by atoms with van der Waals surface area (Å²) in [6.07, 6.45) is 2.44. The van der Waals surface area contributed by atoms with Crippen LogP contribution in [0, 0.1) is 11.3 Å². The lowest BCUT2D eigenvalue weighted by Crippen LogP contribution is -2.39. The molecule has 1 fully saturated rings. The summed E-state index contributed by atoms with van der Waals surface area (Å²) >= 11 is 0. The van der Waals surface area contributed by atoms with E-state index < -0.39 is 32.6 Å². The van der Waals surface area contributed by atoms with E-state index >= 15 is 0 Å². The first-order valence-electron chi connectivity index (χ1n) is 18.5. The standard InChI is InChI=1S/C41H50N7O6P/c1-28(2)48(29(3)4)55(52-23-11-22-42)54-35-24-37(47-27-46-38-39(43-5)44-26-45-40(38)47)53-36(35)25-51-41(30-12-9-8-10-13-30,31-14-18-33(49-6)19-15-31)32-16-20-34(50-7)21-17-32/h8-10,12-21,26-29,35-37H,11,23-25H2,1-7H3,(H,43,44,45)/t35-,36+,37+,55?/m1/s1. The summed E-state index contributed by atoms with van der Waals surface area (Å²) in [7, 11) is 3.52. The van der Waals surface area contributed by atoms with E-state index in [0.29, 0.717) is 23.4 Å². The molecule has 1 N–H and O–H groups in total. The average Bonchev–Trinajstić information content (AvgIpc) is 3.82. The first kappa shape index (κ1) is 40.0. The first-order chi connectivity index (χ1) is 26.7. The van der Waals surface area contributed by atoms with E-state index in [-0.39, 0.29) is 31.7 Å². The van der Waals surface area contributed by atoms with Crippen LogP contribution in [-0.2, 0) is 24.1 Å². The maximum Gasteiger partial charge on any atom is 0.259 e. The molecule has 55 heavy (non-hydrogen) atoms. The van der Waals surface area contributed by atoms with Crippen molar-refractivity contribution in [1.82, 2.24) is 24.2 Å². The number of anilines is 1. The van der Waals surface area contributed by atoms with Gasteiger partial charge in [-0.15, -0.1) is 0 Å². The van der Waals surface area contributed by atoms with E-state index in [1.165, 1.54) is 6.33 Å². The zero-order valence-electron chi connectivity index (χ0n) is 32.5. The van der Waals surface area contributed by atoms with Gasteiger partial charge >= 0.3 is 0 Å². The quantitative estimate of drug-likeness (QED) is 0.0528. The Labute approximate surface area is 324 Å². The minimum absolute atomic E-state index is 0.117. The van der Waals surface area contributed by atoms with Crippen molar-refractivity contribution in [2.75, 3.05) is 39.8 Å². The van der Waals surface area contributed by atoms with Gasteiger partial charge in [-0.2, -0.15) is 5.26 Å². The van der Waals surface area contributed by atoms with Crippen molar-refractivity contribution in [1.29, 1.82) is 5.26 Å². The third-order valence-electron chi connectivity index (χ3n) is 9.61. The zero-order chi connectivity index (χ0) is 39.0. The van der Waals surface area contributed by atoms with E-state index in [9.17, 15) is 5.26 Å². The minimum atomic E-state index is -1.59. The van der Waals surface area contributed by atoms with Gasteiger partial charge in [-0.25, -0.2) is 19.6 Å². The molecule has 1 unspecified atom stereocenters. The van der Waals surface area contributed by atoms with Gasteiger partial charge in [0.15, 0.2) is 11.5 Å². The summed E-state index contributed by atoms with van der Waals surface area (Å²) in [6, 6.07) is 28.5. The molecule has 290 valence electrons. The van der Waals surface area contributed by atoms with Crippen LogP contribution in [0.1, 0.15) is 63.5 Å². The van der Waals surface area contributed by atoms with Crippen molar-refractivity contribution < 1.29 is 28.0 Å². The second-order valence-corrected chi connectivity index (χ2v) is 15.1. The number of nitrogens with zero attached hydrogens (tertiary/aromatic N) is 6. The number of rotatable bonds is 18. The van der Waals surface area contributed by atoms with E-state index in [4.69, 9.17) is 28.0 Å². The third kappa shape index (κ3) is 8.60. The Balaban J connectivity index is 1.43. The monoisotopic (exact) mass is 767 g/mol. The number of hydrogen-bond donors (Lipinski definition) is 1. The highest BCUT2D eigenvalue weighted by molar-refractivity contribution is 7.44. The Kier molecular flexibility index (Phi) is 13.3. The lowest BCUT2D eigenvalue weighted by Gasteiger charge is -2.39. The van der Waals surface area contributed by atoms with Crippen LogP contribution < -0.4 is 14.8 Å². The number of hydrogen-bond acceptors (Lipinski definition) is 12. The van der Waals surface area contributed by atoms with Crippen LogP contribution in [0.15, 0.2) is 91.5 Å². The van der Waals surface area contributed by atoms with Crippen molar-refractivity contribution in [3.8, 4) is 17.6 Å². The molecule has 3 aromatic carbocycles. The summed E-state index contributed by atoms with van der Waals surface area (Å²) in [6.45, 7) is 8.87. The van der Waals surface area contributed by atoms with Gasteiger partial charge in [0.25, 0.3) is 8.53 Å². The van der Waals surface area contributed by atoms with E-state index in [1.807, 2.05) is 71.3 Å². The molecule has 4 atom stereocenters. The Morgan fingerprint density at radius 1 is 0.909 bits per heavy atom. The molecule has 0 spiro atoms. The van der Waals surface area contributed by atoms with Crippen LogP contribution in [-0.4, -0.2) is 83.0 Å². The number of benzene rings is 3. The van der Waals surface area contributed by atoms with Crippen molar-refractivity contribution in [3.63, 3.8) is 0 Å². The van der Waals surface area contributed by atoms with Crippen molar-refractivity contribution in [2.24, 2.45) is 0 Å². The predicted molar refractivity (Wildman–Crippen MR) is 212 cm³/mol. The fourth-order valence-corrected chi connectivity index (χ4v) is 8.83. The first-order valence-corrected chi connectivity index (χ1v) is 19.6. The molecule has 0 aliphatic carbocycles. The smallest absolute Gasteiger partial charge is 0.259 e. The van der Waals surface area contributed by atoms with Gasteiger partial charge in [0.2, 0.25) is 0 Å². The van der Waals surface area contributed by atoms with Crippen LogP contribution >= 0.6 is 8.53 Å². The van der Waals surface area contributed by atoms with Crippen molar-refractivity contribution in [3.05, 3.63) is 108 Å². The summed E-state index contributed by atoms with van der Waals surface area (Å²) in [5.74, 6) is 2.09. The maximum atomic E-state index is 9.36. The average molecular weight is 768 g/mol. The molecule has 3 heterocycles. The van der Waals surface area contributed by atoms with Gasteiger partial charge in [-0.1, -0.05) is 54.6 Å². The number of fused-ring (bicyclic) bond motifs is 1. The van der Waals surface area contributed by atoms with Crippen LogP contribution in [0.2, 0.25) is 0 Å². The van der Waals surface area contributed by atoms with Crippen molar-refractivity contribution >= 4 is 25.5 Å². The number of nitrogens with one attached hydrogen (secondary N) is 1. The van der Waals surface area contributed by atoms with Gasteiger partial charge in [-0.3, -0.25) is 4.57 Å². The van der Waals surface area contributed by atoms with Gasteiger partial charge in [0.1, 0.15) is 41.3 Å². The molecular weight excluding hydrogens is 717 g/mol. The third-order valence-corrected chi connectivity index (χ3v) is 11.8. The Hall–Kier alpha value is -4.67. The molecule has 0 saturated carbocycles. The Morgan fingerprint density at radius 2 is 1.53 bits per heavy atom. The van der Waals surface area contributed by atoms with E-state index in [2.05, 4.69) is 70.8 Å². The highest BCUT2D eigenvalue weighted by atomic mass is 31.2. The molecule has 14 heteroatoms. The minimum Gasteiger partial charge on any atom is -0.497 e. The molecule has 0 amide bonds. The lowest BCUT2D eigenvalue weighted by molar-refractivity contribution is -0.0912. The predicted octanol–water partition coefficient (Wildman–Crippen LogP) is 7.84. The summed E-state index contributed by atoms with van der Waals surface area (Å²) in [4.78, 5) is 13.6. The fourth-order valence-electron chi connectivity index (χ4n) is 7.07. The second kappa shape index (κ2) is 18.3. The van der Waals surface area contributed by atoms with Crippen LogP contribution in [0.4, 0.5) is 5.82 Å². The molecule has 0 bridgehead atoms. The number of aromatic nitrogens is 4. The lowest BCUT2D eigenvalue weighted by atomic mass is 9.80. The molecule has 2 aromatic heterocycles. The highest BCUT2D eigenvalue weighted by Gasteiger charge is 2.45. The molecule has 13 nitrogen and oxygen atoms in total. The second-order valence-electron chi connectivity index (χ2n) is 13.7. The SMILES string of the molecule is CNc1ncnc2c1ncn2[C@@H]1C[C@@H](OP(OCCC#N)N(C(C)C)C(C)C)[C@H](COC(c2ccccc2)(c2ccc(OC)cc2)c2ccc(OC)cc2)O1. The fraction of sp³-hybridized carbons (Fsp3) is 0.415. The number of ether oxygens (including phenoxy) is 4. The summed E-state index contributed by atoms with van der Waals surface area (Å²) in [5.41, 5.74) is 2.95. The van der Waals surface area contributed by atoms with Gasteiger partial charge < -0.3 is 33.3 Å². The van der Waals surface area contributed by atoms with Gasteiger partial charge in [0, 0.05) is 25.6 Å². The summed E-state index contributed by atoms with van der Waals surface area (Å²) < 4.78 is 42.9.